The monoisotopic (exact) mass is 356 g/mol. The Balaban J connectivity index is 2.76. The average Bonchev–Trinajstić information content (AvgIpc) is 2.43. The molecule has 0 radical (unpaired) electrons. The number of allylic oxidation sites excluding steroid dienone is 1. The molecule has 1 rings (SSSR count). The highest BCUT2D eigenvalue weighted by Crippen LogP contribution is 2.26. The van der Waals surface area contributed by atoms with E-state index in [1.54, 1.807) is 0 Å². The average molecular weight is 357 g/mol. The van der Waals surface area contributed by atoms with Gasteiger partial charge in [0.25, 0.3) is 0 Å². The summed E-state index contributed by atoms with van der Waals surface area (Å²) in [4.78, 5) is 11.6. The zero-order valence-electron chi connectivity index (χ0n) is 12.9. The standard InChI is InChI=1S/C17H25BrO3/c1-4-6-7-11-16(20-13(3)19)17-12-9-8-10-14(18)15(5-2)21-17/h1,8-9,14-17H,5-7,10-12H2,2-3H3/b9-8-/t14-,15?,16+,17+/m0/s1. The number of carbonyl (C=O) groups is 1. The number of rotatable bonds is 6. The molecule has 0 aromatic heterocycles. The quantitative estimate of drug-likeness (QED) is 0.237. The Kier molecular flexibility index (Phi) is 8.72. The summed E-state index contributed by atoms with van der Waals surface area (Å²) in [5.74, 6) is 2.36. The van der Waals surface area contributed by atoms with E-state index in [2.05, 4.69) is 40.9 Å². The van der Waals surface area contributed by atoms with Crippen LogP contribution in [0.25, 0.3) is 0 Å². The highest BCUT2D eigenvalue weighted by molar-refractivity contribution is 9.09. The van der Waals surface area contributed by atoms with Crippen LogP contribution in [0, 0.1) is 12.3 Å². The zero-order valence-corrected chi connectivity index (χ0v) is 14.5. The fourth-order valence-corrected chi connectivity index (χ4v) is 3.22. The predicted octanol–water partition coefficient (Wildman–Crippen LogP) is 4.00. The van der Waals surface area contributed by atoms with Gasteiger partial charge in [0, 0.05) is 18.2 Å². The molecule has 0 aromatic carbocycles. The normalized spacial score (nSPS) is 28.8. The van der Waals surface area contributed by atoms with E-state index in [-0.39, 0.29) is 24.3 Å². The Labute approximate surface area is 136 Å². The van der Waals surface area contributed by atoms with Gasteiger partial charge in [-0.25, -0.2) is 0 Å². The fourth-order valence-electron chi connectivity index (χ4n) is 2.50. The van der Waals surface area contributed by atoms with Crippen LogP contribution < -0.4 is 0 Å². The number of hydrogen-bond donors (Lipinski definition) is 0. The van der Waals surface area contributed by atoms with E-state index in [4.69, 9.17) is 15.9 Å². The molecule has 0 spiro atoms. The third-order valence-corrected chi connectivity index (χ3v) is 4.56. The summed E-state index contributed by atoms with van der Waals surface area (Å²) >= 11 is 3.68. The smallest absolute Gasteiger partial charge is 0.302 e. The van der Waals surface area contributed by atoms with Gasteiger partial charge in [0.15, 0.2) is 0 Å². The molecule has 1 unspecified atom stereocenters. The first-order chi connectivity index (χ1) is 10.1. The van der Waals surface area contributed by atoms with E-state index < -0.39 is 0 Å². The summed E-state index contributed by atoms with van der Waals surface area (Å²) in [6.45, 7) is 3.55. The molecule has 0 amide bonds. The maximum absolute atomic E-state index is 11.4. The second kappa shape index (κ2) is 10.0. The maximum Gasteiger partial charge on any atom is 0.302 e. The van der Waals surface area contributed by atoms with Crippen molar-refractivity contribution in [3.8, 4) is 12.3 Å². The Hall–Kier alpha value is -0.790. The van der Waals surface area contributed by atoms with Gasteiger partial charge in [-0.05, 0) is 32.1 Å². The summed E-state index contributed by atoms with van der Waals surface area (Å²) in [6, 6.07) is 0. The number of terminal acetylenes is 1. The summed E-state index contributed by atoms with van der Waals surface area (Å²) in [7, 11) is 0. The fraction of sp³-hybridized carbons (Fsp3) is 0.706. The number of unbranched alkanes of at least 4 members (excludes halogenated alkanes) is 1. The van der Waals surface area contributed by atoms with Crippen molar-refractivity contribution in [1.82, 2.24) is 0 Å². The Morgan fingerprint density at radius 1 is 1.52 bits per heavy atom. The van der Waals surface area contributed by atoms with E-state index >= 15 is 0 Å². The zero-order chi connectivity index (χ0) is 15.7. The lowest BCUT2D eigenvalue weighted by Gasteiger charge is -2.32. The molecule has 0 saturated heterocycles. The molecule has 1 heterocycles. The van der Waals surface area contributed by atoms with Crippen molar-refractivity contribution >= 4 is 21.9 Å². The first kappa shape index (κ1) is 18.3. The van der Waals surface area contributed by atoms with Crippen molar-refractivity contribution in [2.75, 3.05) is 0 Å². The molecule has 0 aliphatic carbocycles. The number of ether oxygens (including phenoxy) is 2. The predicted molar refractivity (Wildman–Crippen MR) is 88.3 cm³/mol. The maximum atomic E-state index is 11.4. The van der Waals surface area contributed by atoms with Crippen molar-refractivity contribution in [2.24, 2.45) is 0 Å². The van der Waals surface area contributed by atoms with Crippen LogP contribution in [0.5, 0.6) is 0 Å². The van der Waals surface area contributed by atoms with Crippen LogP contribution in [0.15, 0.2) is 12.2 Å². The molecule has 0 saturated carbocycles. The Morgan fingerprint density at radius 2 is 2.24 bits per heavy atom. The molecule has 1 aliphatic heterocycles. The summed E-state index contributed by atoms with van der Waals surface area (Å²) in [5.41, 5.74) is 0. The minimum Gasteiger partial charge on any atom is -0.460 e. The lowest BCUT2D eigenvalue weighted by molar-refractivity contribution is -0.159. The molecule has 4 heteroatoms. The van der Waals surface area contributed by atoms with E-state index in [9.17, 15) is 4.79 Å². The van der Waals surface area contributed by atoms with Crippen molar-refractivity contribution in [3.63, 3.8) is 0 Å². The van der Waals surface area contributed by atoms with Gasteiger partial charge >= 0.3 is 5.97 Å². The summed E-state index contributed by atoms with van der Waals surface area (Å²) < 4.78 is 11.7. The summed E-state index contributed by atoms with van der Waals surface area (Å²) in [5, 5.41) is 0. The first-order valence-electron chi connectivity index (χ1n) is 7.63. The number of esters is 1. The minimum atomic E-state index is -0.265. The molecule has 3 nitrogen and oxygen atoms in total. The molecular formula is C17H25BrO3. The third kappa shape index (κ3) is 6.67. The van der Waals surface area contributed by atoms with Crippen molar-refractivity contribution in [2.45, 2.75) is 75.5 Å². The number of alkyl halides is 1. The molecule has 0 bridgehead atoms. The van der Waals surface area contributed by atoms with Crippen LogP contribution in [-0.4, -0.2) is 29.1 Å². The second-order valence-electron chi connectivity index (χ2n) is 5.32. The van der Waals surface area contributed by atoms with Crippen LogP contribution in [0.1, 0.15) is 52.4 Å². The lowest BCUT2D eigenvalue weighted by atomic mass is 10.0. The Bertz CT molecular complexity index is 386. The third-order valence-electron chi connectivity index (χ3n) is 3.59. The van der Waals surface area contributed by atoms with E-state index in [1.165, 1.54) is 6.92 Å². The van der Waals surface area contributed by atoms with Gasteiger partial charge in [-0.1, -0.05) is 35.0 Å². The Morgan fingerprint density at radius 3 is 2.86 bits per heavy atom. The molecule has 0 aromatic rings. The lowest BCUT2D eigenvalue weighted by Crippen LogP contribution is -2.39. The van der Waals surface area contributed by atoms with E-state index in [1.807, 2.05) is 0 Å². The largest absolute Gasteiger partial charge is 0.460 e. The number of hydrogen-bond acceptors (Lipinski definition) is 3. The summed E-state index contributed by atoms with van der Waals surface area (Å²) in [6.07, 6.45) is 14.3. The van der Waals surface area contributed by atoms with E-state index in [0.29, 0.717) is 11.2 Å². The molecule has 118 valence electrons. The molecule has 0 N–H and O–H groups in total. The van der Waals surface area contributed by atoms with Crippen LogP contribution in [-0.2, 0) is 14.3 Å². The SMILES string of the molecule is C#CCCC[C@@H](OC(C)=O)[C@H]1C/C=C\C[C@H](Br)C(CC)O1. The topological polar surface area (TPSA) is 35.5 Å². The highest BCUT2D eigenvalue weighted by Gasteiger charge is 2.29. The molecule has 1 aliphatic rings. The van der Waals surface area contributed by atoms with Crippen molar-refractivity contribution < 1.29 is 14.3 Å². The second-order valence-corrected chi connectivity index (χ2v) is 6.50. The van der Waals surface area contributed by atoms with E-state index in [0.717, 1.165) is 32.1 Å². The van der Waals surface area contributed by atoms with Gasteiger partial charge in [0.2, 0.25) is 0 Å². The van der Waals surface area contributed by atoms with Crippen LogP contribution in [0.4, 0.5) is 0 Å². The van der Waals surface area contributed by atoms with Gasteiger partial charge < -0.3 is 9.47 Å². The van der Waals surface area contributed by atoms with Gasteiger partial charge in [-0.3, -0.25) is 4.79 Å². The molecule has 21 heavy (non-hydrogen) atoms. The van der Waals surface area contributed by atoms with Gasteiger partial charge in [0.05, 0.1) is 12.2 Å². The first-order valence-corrected chi connectivity index (χ1v) is 8.55. The van der Waals surface area contributed by atoms with Crippen LogP contribution in [0.3, 0.4) is 0 Å². The van der Waals surface area contributed by atoms with Crippen LogP contribution >= 0.6 is 15.9 Å². The minimum absolute atomic E-state index is 0.103. The van der Waals surface area contributed by atoms with Gasteiger partial charge in [-0.15, -0.1) is 12.3 Å². The van der Waals surface area contributed by atoms with Crippen LogP contribution in [0.2, 0.25) is 0 Å². The highest BCUT2D eigenvalue weighted by atomic mass is 79.9. The molecule has 0 fully saturated rings. The molecular weight excluding hydrogens is 332 g/mol. The van der Waals surface area contributed by atoms with Crippen molar-refractivity contribution in [1.29, 1.82) is 0 Å². The van der Waals surface area contributed by atoms with Gasteiger partial charge in [-0.2, -0.15) is 0 Å². The molecule has 4 atom stereocenters. The number of halogens is 1. The number of carbonyl (C=O) groups excluding carboxylic acids is 1. The van der Waals surface area contributed by atoms with Gasteiger partial charge in [0.1, 0.15) is 6.10 Å². The van der Waals surface area contributed by atoms with Crippen molar-refractivity contribution in [3.05, 3.63) is 12.2 Å².